The molecule has 226 valence electrons. The van der Waals surface area contributed by atoms with Crippen molar-refractivity contribution in [3.63, 3.8) is 0 Å². The summed E-state index contributed by atoms with van der Waals surface area (Å²) in [4.78, 5) is 33.9. The summed E-state index contributed by atoms with van der Waals surface area (Å²) in [6.45, 7) is 3.64. The summed E-state index contributed by atoms with van der Waals surface area (Å²) in [5.41, 5.74) is 1.54. The SMILES string of the molecule is CCN(CCO)S(=O)(=O)NC(=O)c1nc(CN(CCCc2ccccc2)C(=O)C2(c3ccc(OC)cc3)CC2)sc1C. The van der Waals surface area contributed by atoms with Gasteiger partial charge in [-0.2, -0.15) is 12.7 Å². The van der Waals surface area contributed by atoms with Crippen molar-refractivity contribution in [1.82, 2.24) is 18.9 Å². The summed E-state index contributed by atoms with van der Waals surface area (Å²) in [6.07, 6.45) is 3.06. The van der Waals surface area contributed by atoms with Crippen LogP contribution in [0.2, 0.25) is 0 Å². The fraction of sp³-hybridized carbons (Fsp3) is 0.433. The monoisotopic (exact) mass is 614 g/mol. The average Bonchev–Trinajstić information content (AvgIpc) is 3.71. The Morgan fingerprint density at radius 1 is 1.10 bits per heavy atom. The molecule has 2 N–H and O–H groups in total. The number of nitrogens with one attached hydrogen (secondary N) is 1. The molecule has 1 fully saturated rings. The van der Waals surface area contributed by atoms with Gasteiger partial charge >= 0.3 is 10.2 Å². The molecule has 2 amide bonds. The normalized spacial score (nSPS) is 14.0. The van der Waals surface area contributed by atoms with Crippen molar-refractivity contribution in [2.45, 2.75) is 51.5 Å². The Balaban J connectivity index is 1.54. The van der Waals surface area contributed by atoms with E-state index in [1.807, 2.05) is 47.4 Å². The Morgan fingerprint density at radius 3 is 2.38 bits per heavy atom. The number of amides is 2. The number of aliphatic hydroxyl groups is 1. The van der Waals surface area contributed by atoms with Gasteiger partial charge in [0.05, 0.1) is 25.7 Å². The predicted molar refractivity (Wildman–Crippen MR) is 162 cm³/mol. The average molecular weight is 615 g/mol. The third-order valence-electron chi connectivity index (χ3n) is 7.47. The van der Waals surface area contributed by atoms with Gasteiger partial charge in [0.2, 0.25) is 5.91 Å². The first-order valence-electron chi connectivity index (χ1n) is 14.0. The van der Waals surface area contributed by atoms with Crippen LogP contribution in [-0.2, 0) is 33.4 Å². The minimum atomic E-state index is -4.15. The van der Waals surface area contributed by atoms with Gasteiger partial charge in [-0.3, -0.25) is 9.59 Å². The lowest BCUT2D eigenvalue weighted by Crippen LogP contribution is -2.44. The van der Waals surface area contributed by atoms with Crippen LogP contribution in [0, 0.1) is 6.92 Å². The van der Waals surface area contributed by atoms with Gasteiger partial charge in [0, 0.05) is 24.5 Å². The number of hydrogen-bond acceptors (Lipinski definition) is 8. The molecule has 2 aromatic carbocycles. The number of hydrogen-bond donors (Lipinski definition) is 2. The van der Waals surface area contributed by atoms with E-state index in [-0.39, 0.29) is 37.8 Å². The third-order valence-corrected chi connectivity index (χ3v) is 9.99. The van der Waals surface area contributed by atoms with Crippen LogP contribution in [0.4, 0.5) is 0 Å². The molecule has 0 atom stereocenters. The van der Waals surface area contributed by atoms with E-state index in [0.29, 0.717) is 16.4 Å². The predicted octanol–water partition coefficient (Wildman–Crippen LogP) is 3.44. The van der Waals surface area contributed by atoms with Crippen molar-refractivity contribution in [2.75, 3.05) is 33.4 Å². The summed E-state index contributed by atoms with van der Waals surface area (Å²) in [5.74, 6) is -0.0961. The largest absolute Gasteiger partial charge is 0.497 e. The topological polar surface area (TPSA) is 129 Å². The van der Waals surface area contributed by atoms with Gasteiger partial charge in [0.15, 0.2) is 0 Å². The number of aromatic nitrogens is 1. The van der Waals surface area contributed by atoms with Crippen LogP contribution in [0.3, 0.4) is 0 Å². The van der Waals surface area contributed by atoms with E-state index in [4.69, 9.17) is 4.74 Å². The number of nitrogens with zero attached hydrogens (tertiary/aromatic N) is 3. The Bertz CT molecular complexity index is 1470. The lowest BCUT2D eigenvalue weighted by atomic mass is 9.94. The van der Waals surface area contributed by atoms with Crippen LogP contribution in [0.15, 0.2) is 54.6 Å². The molecule has 0 radical (unpaired) electrons. The van der Waals surface area contributed by atoms with E-state index < -0.39 is 21.5 Å². The number of aliphatic hydroxyl groups excluding tert-OH is 1. The maximum absolute atomic E-state index is 14.1. The zero-order valence-electron chi connectivity index (χ0n) is 24.2. The summed E-state index contributed by atoms with van der Waals surface area (Å²) in [7, 11) is -2.54. The maximum Gasteiger partial charge on any atom is 0.304 e. The second-order valence-corrected chi connectivity index (χ2v) is 13.2. The summed E-state index contributed by atoms with van der Waals surface area (Å²) in [5, 5.41) is 9.73. The molecule has 0 unspecified atom stereocenters. The van der Waals surface area contributed by atoms with Crippen molar-refractivity contribution < 1.29 is 27.9 Å². The zero-order valence-corrected chi connectivity index (χ0v) is 25.8. The number of likely N-dealkylation sites (N-methyl/N-ethyl adjacent to an activating group) is 1. The molecule has 1 aromatic heterocycles. The van der Waals surface area contributed by atoms with Crippen LogP contribution >= 0.6 is 11.3 Å². The minimum Gasteiger partial charge on any atom is -0.497 e. The number of carbonyl (C=O) groups excluding carboxylic acids is 2. The summed E-state index contributed by atoms with van der Waals surface area (Å²) in [6, 6.07) is 17.7. The van der Waals surface area contributed by atoms with E-state index in [0.717, 1.165) is 41.3 Å². The number of carbonyl (C=O) groups is 2. The first-order valence-corrected chi connectivity index (χ1v) is 16.3. The number of aryl methyl sites for hydroxylation is 2. The highest BCUT2D eigenvalue weighted by Gasteiger charge is 2.53. The molecule has 1 aliphatic carbocycles. The van der Waals surface area contributed by atoms with Crippen molar-refractivity contribution in [2.24, 2.45) is 0 Å². The lowest BCUT2D eigenvalue weighted by molar-refractivity contribution is -0.134. The number of benzene rings is 2. The Morgan fingerprint density at radius 2 is 1.79 bits per heavy atom. The maximum atomic E-state index is 14.1. The molecule has 12 heteroatoms. The first-order chi connectivity index (χ1) is 20.1. The number of rotatable bonds is 15. The molecular formula is C30H38N4O6S2. The third kappa shape index (κ3) is 7.35. The van der Waals surface area contributed by atoms with Gasteiger partial charge < -0.3 is 14.7 Å². The fourth-order valence-electron chi connectivity index (χ4n) is 5.02. The van der Waals surface area contributed by atoms with Crippen molar-refractivity contribution >= 4 is 33.4 Å². The van der Waals surface area contributed by atoms with Crippen molar-refractivity contribution in [3.05, 3.63) is 81.3 Å². The highest BCUT2D eigenvalue weighted by Crippen LogP contribution is 2.50. The van der Waals surface area contributed by atoms with Gasteiger partial charge in [0.1, 0.15) is 16.5 Å². The smallest absolute Gasteiger partial charge is 0.304 e. The number of methoxy groups -OCH3 is 1. The second kappa shape index (κ2) is 13.8. The molecule has 3 aromatic rings. The van der Waals surface area contributed by atoms with E-state index in [9.17, 15) is 23.1 Å². The molecule has 1 saturated carbocycles. The highest BCUT2D eigenvalue weighted by molar-refractivity contribution is 7.87. The van der Waals surface area contributed by atoms with Crippen LogP contribution in [0.25, 0.3) is 0 Å². The van der Waals surface area contributed by atoms with E-state index in [2.05, 4.69) is 21.8 Å². The van der Waals surface area contributed by atoms with Gasteiger partial charge in [-0.25, -0.2) is 9.71 Å². The first kappa shape index (κ1) is 31.6. The van der Waals surface area contributed by atoms with Crippen LogP contribution in [0.5, 0.6) is 5.75 Å². The minimum absolute atomic E-state index is 0.00611. The van der Waals surface area contributed by atoms with E-state index >= 15 is 0 Å². The van der Waals surface area contributed by atoms with Gasteiger partial charge in [-0.1, -0.05) is 49.4 Å². The molecule has 0 saturated heterocycles. The number of thiazole rings is 1. The van der Waals surface area contributed by atoms with E-state index in [1.54, 1.807) is 21.0 Å². The number of ether oxygens (including phenoxy) is 1. The molecule has 1 heterocycles. The van der Waals surface area contributed by atoms with Crippen LogP contribution in [-0.4, -0.2) is 72.9 Å². The van der Waals surface area contributed by atoms with Crippen molar-refractivity contribution in [1.29, 1.82) is 0 Å². The molecule has 4 rings (SSSR count). The lowest BCUT2D eigenvalue weighted by Gasteiger charge is -2.27. The highest BCUT2D eigenvalue weighted by atomic mass is 32.2. The van der Waals surface area contributed by atoms with Gasteiger partial charge in [-0.15, -0.1) is 11.3 Å². The van der Waals surface area contributed by atoms with Crippen molar-refractivity contribution in [3.8, 4) is 5.75 Å². The fourth-order valence-corrected chi connectivity index (χ4v) is 7.09. The van der Waals surface area contributed by atoms with Crippen LogP contribution < -0.4 is 9.46 Å². The van der Waals surface area contributed by atoms with E-state index in [1.165, 1.54) is 16.9 Å². The van der Waals surface area contributed by atoms with Crippen LogP contribution in [0.1, 0.15) is 57.7 Å². The molecule has 0 aliphatic heterocycles. The summed E-state index contributed by atoms with van der Waals surface area (Å²) < 4.78 is 33.6. The quantitative estimate of drug-likeness (QED) is 0.268. The molecule has 42 heavy (non-hydrogen) atoms. The van der Waals surface area contributed by atoms with Gasteiger partial charge in [-0.05, 0) is 55.9 Å². The van der Waals surface area contributed by atoms with Gasteiger partial charge in [0.25, 0.3) is 5.91 Å². The molecular weight excluding hydrogens is 576 g/mol. The molecule has 10 nitrogen and oxygen atoms in total. The zero-order chi connectivity index (χ0) is 30.3. The molecule has 1 aliphatic rings. The Hall–Kier alpha value is -3.32. The molecule has 0 bridgehead atoms. The summed E-state index contributed by atoms with van der Waals surface area (Å²) >= 11 is 1.27. The molecule has 0 spiro atoms. The standard InChI is InChI=1S/C30H38N4O6S2/c1-4-34(19-20-35)42(38,39)32-28(36)27-22(2)41-26(31-27)21-33(18-8-11-23-9-6-5-7-10-23)29(37)30(16-17-30)24-12-14-25(40-3)15-13-24/h5-7,9-10,12-15,35H,4,8,11,16-21H2,1-3H3,(H,32,36). The Labute approximate surface area is 251 Å². The second-order valence-electron chi connectivity index (χ2n) is 10.3. The Kier molecular flexibility index (Phi) is 10.4.